The molecule has 35 heavy (non-hydrogen) atoms. The molecule has 0 unspecified atom stereocenters. The van der Waals surface area contributed by atoms with Crippen LogP contribution in [-0.2, 0) is 20.9 Å². The lowest BCUT2D eigenvalue weighted by Gasteiger charge is -2.28. The molecule has 1 N–H and O–H groups in total. The normalized spacial score (nSPS) is 14.4. The van der Waals surface area contributed by atoms with Crippen LogP contribution in [0.1, 0.15) is 77.0 Å². The third-order valence-electron chi connectivity index (χ3n) is 6.31. The van der Waals surface area contributed by atoms with Crippen LogP contribution in [0, 0.1) is 5.41 Å². The van der Waals surface area contributed by atoms with Crippen LogP contribution in [0.5, 0.6) is 0 Å². The summed E-state index contributed by atoms with van der Waals surface area (Å²) in [5, 5.41) is 2.92. The van der Waals surface area contributed by atoms with Crippen LogP contribution in [-0.4, -0.2) is 30.6 Å². The summed E-state index contributed by atoms with van der Waals surface area (Å²) in [5.41, 5.74) is 3.99. The highest BCUT2D eigenvalue weighted by atomic mass is 16.5. The number of anilines is 1. The Morgan fingerprint density at radius 2 is 1.54 bits per heavy atom. The summed E-state index contributed by atoms with van der Waals surface area (Å²) < 4.78 is 6.02. The van der Waals surface area contributed by atoms with Crippen molar-refractivity contribution in [1.82, 2.24) is 5.32 Å². The fourth-order valence-corrected chi connectivity index (χ4v) is 4.03. The van der Waals surface area contributed by atoms with Gasteiger partial charge in [-0.25, -0.2) is 0 Å². The van der Waals surface area contributed by atoms with Gasteiger partial charge in [0.25, 0.3) is 0 Å². The lowest BCUT2D eigenvalue weighted by atomic mass is 9.93. The van der Waals surface area contributed by atoms with Crippen LogP contribution in [0.15, 0.2) is 48.5 Å². The molecule has 1 aliphatic heterocycles. The molecule has 2 amide bonds. The van der Waals surface area contributed by atoms with Crippen molar-refractivity contribution in [1.29, 1.82) is 0 Å². The highest BCUT2D eigenvalue weighted by Crippen LogP contribution is 2.29. The van der Waals surface area contributed by atoms with E-state index in [1.54, 1.807) is 0 Å². The monoisotopic (exact) mass is 476 g/mol. The standard InChI is InChI=1S/C30H40N2O3/c1-29(2,3)19-21-35-30(4,5)18-16-27(33)31-20-17-28(34)32-22-25-12-7-6-10-23(25)14-15-24-11-8-9-13-26(24)32/h6-15H,16-22H2,1-5H3,(H,31,33)/b15-14-. The minimum Gasteiger partial charge on any atom is -0.376 e. The Hall–Kier alpha value is -2.92. The highest BCUT2D eigenvalue weighted by molar-refractivity contribution is 5.97. The number of rotatable bonds is 9. The number of nitrogens with one attached hydrogen (secondary N) is 1. The molecule has 188 valence electrons. The van der Waals surface area contributed by atoms with Gasteiger partial charge >= 0.3 is 0 Å². The predicted molar refractivity (Wildman–Crippen MR) is 144 cm³/mol. The molecular formula is C30H40N2O3. The van der Waals surface area contributed by atoms with Gasteiger partial charge in [0.15, 0.2) is 0 Å². The van der Waals surface area contributed by atoms with Gasteiger partial charge in [0, 0.05) is 26.0 Å². The molecule has 0 aromatic heterocycles. The molecule has 0 atom stereocenters. The number of amides is 2. The van der Waals surface area contributed by atoms with E-state index >= 15 is 0 Å². The molecule has 0 spiro atoms. The number of ether oxygens (including phenoxy) is 1. The van der Waals surface area contributed by atoms with Crippen molar-refractivity contribution < 1.29 is 14.3 Å². The van der Waals surface area contributed by atoms with E-state index in [0.717, 1.165) is 28.8 Å². The number of hydrogen-bond donors (Lipinski definition) is 1. The summed E-state index contributed by atoms with van der Waals surface area (Å²) >= 11 is 0. The minimum atomic E-state index is -0.354. The average molecular weight is 477 g/mol. The van der Waals surface area contributed by atoms with E-state index in [9.17, 15) is 9.59 Å². The number of carbonyl (C=O) groups is 2. The smallest absolute Gasteiger partial charge is 0.229 e. The van der Waals surface area contributed by atoms with Crippen molar-refractivity contribution in [3.05, 3.63) is 65.2 Å². The van der Waals surface area contributed by atoms with Gasteiger partial charge in [-0.3, -0.25) is 9.59 Å². The van der Waals surface area contributed by atoms with E-state index in [2.05, 4.69) is 50.4 Å². The zero-order valence-corrected chi connectivity index (χ0v) is 21.9. The van der Waals surface area contributed by atoms with E-state index in [1.165, 1.54) is 0 Å². The third-order valence-corrected chi connectivity index (χ3v) is 6.31. The molecule has 2 aromatic rings. The third kappa shape index (κ3) is 8.36. The Morgan fingerprint density at radius 3 is 2.29 bits per heavy atom. The van der Waals surface area contributed by atoms with Gasteiger partial charge in [0.2, 0.25) is 11.8 Å². The maximum Gasteiger partial charge on any atom is 0.229 e. The van der Waals surface area contributed by atoms with E-state index in [0.29, 0.717) is 32.5 Å². The first-order valence-corrected chi connectivity index (χ1v) is 12.6. The molecule has 3 rings (SSSR count). The Bertz CT molecular complexity index is 1050. The van der Waals surface area contributed by atoms with Gasteiger partial charge in [-0.15, -0.1) is 0 Å². The summed E-state index contributed by atoms with van der Waals surface area (Å²) in [4.78, 5) is 27.5. The molecular weight excluding hydrogens is 436 g/mol. The average Bonchev–Trinajstić information content (AvgIpc) is 2.78. The number of para-hydroxylation sites is 1. The van der Waals surface area contributed by atoms with Crippen LogP contribution in [0.3, 0.4) is 0 Å². The Kier molecular flexibility index (Phi) is 8.90. The van der Waals surface area contributed by atoms with Crippen LogP contribution < -0.4 is 10.2 Å². The van der Waals surface area contributed by atoms with Gasteiger partial charge in [0.1, 0.15) is 0 Å². The maximum absolute atomic E-state index is 13.3. The largest absolute Gasteiger partial charge is 0.376 e. The molecule has 0 saturated carbocycles. The van der Waals surface area contributed by atoms with E-state index < -0.39 is 0 Å². The topological polar surface area (TPSA) is 58.6 Å². The second kappa shape index (κ2) is 11.7. The Morgan fingerprint density at radius 1 is 0.886 bits per heavy atom. The molecule has 5 heteroatoms. The Labute approximate surface area is 210 Å². The van der Waals surface area contributed by atoms with Gasteiger partial charge in [-0.1, -0.05) is 75.4 Å². The number of benzene rings is 2. The zero-order valence-electron chi connectivity index (χ0n) is 21.9. The molecule has 0 aliphatic carbocycles. The first-order valence-electron chi connectivity index (χ1n) is 12.6. The molecule has 1 aliphatic rings. The van der Waals surface area contributed by atoms with Crippen LogP contribution in [0.25, 0.3) is 12.2 Å². The van der Waals surface area contributed by atoms with Gasteiger partial charge in [0.05, 0.1) is 17.8 Å². The Balaban J connectivity index is 1.53. The van der Waals surface area contributed by atoms with Crippen molar-refractivity contribution in [3.63, 3.8) is 0 Å². The minimum absolute atomic E-state index is 0.00584. The van der Waals surface area contributed by atoms with Gasteiger partial charge < -0.3 is 15.0 Å². The lowest BCUT2D eigenvalue weighted by molar-refractivity contribution is -0.123. The van der Waals surface area contributed by atoms with Crippen molar-refractivity contribution in [2.24, 2.45) is 5.41 Å². The first-order chi connectivity index (χ1) is 16.5. The molecule has 0 saturated heterocycles. The second-order valence-corrected chi connectivity index (χ2v) is 11.1. The van der Waals surface area contributed by atoms with Crippen molar-refractivity contribution in [2.75, 3.05) is 18.1 Å². The van der Waals surface area contributed by atoms with E-state index in [-0.39, 0.29) is 29.3 Å². The van der Waals surface area contributed by atoms with Crippen molar-refractivity contribution in [3.8, 4) is 0 Å². The van der Waals surface area contributed by atoms with E-state index in [4.69, 9.17) is 4.74 Å². The predicted octanol–water partition coefficient (Wildman–Crippen LogP) is 6.22. The summed E-state index contributed by atoms with van der Waals surface area (Å²) in [5.74, 6) is -0.0552. The molecule has 1 heterocycles. The molecule has 0 radical (unpaired) electrons. The highest BCUT2D eigenvalue weighted by Gasteiger charge is 2.23. The number of nitrogens with zero attached hydrogens (tertiary/aromatic N) is 1. The number of fused-ring (bicyclic) bond motifs is 2. The zero-order chi connectivity index (χ0) is 25.5. The van der Waals surface area contributed by atoms with Crippen LogP contribution in [0.2, 0.25) is 0 Å². The molecule has 5 nitrogen and oxygen atoms in total. The summed E-state index contributed by atoms with van der Waals surface area (Å²) in [6.07, 6.45) is 6.40. The number of hydrogen-bond acceptors (Lipinski definition) is 3. The fraction of sp³-hybridized carbons (Fsp3) is 0.467. The molecule has 2 aromatic carbocycles. The van der Waals surface area contributed by atoms with Gasteiger partial charge in [-0.05, 0) is 54.9 Å². The first kappa shape index (κ1) is 26.7. The van der Waals surface area contributed by atoms with Crippen LogP contribution in [0.4, 0.5) is 5.69 Å². The second-order valence-electron chi connectivity index (χ2n) is 11.1. The maximum atomic E-state index is 13.3. The van der Waals surface area contributed by atoms with Crippen LogP contribution >= 0.6 is 0 Å². The van der Waals surface area contributed by atoms with Crippen molar-refractivity contribution in [2.45, 2.75) is 72.4 Å². The molecule has 0 bridgehead atoms. The quantitative estimate of drug-likeness (QED) is 0.467. The SMILES string of the molecule is CC(C)(C)CCOC(C)(C)CCC(=O)NCCC(=O)N1Cc2ccccc2/C=C\c2ccccc21. The summed E-state index contributed by atoms with van der Waals surface area (Å²) in [7, 11) is 0. The molecule has 0 fully saturated rings. The summed E-state index contributed by atoms with van der Waals surface area (Å²) in [6.45, 7) is 12.1. The van der Waals surface area contributed by atoms with Crippen molar-refractivity contribution >= 4 is 29.7 Å². The fourth-order valence-electron chi connectivity index (χ4n) is 4.03. The number of carbonyl (C=O) groups excluding carboxylic acids is 2. The van der Waals surface area contributed by atoms with E-state index in [1.807, 2.05) is 55.1 Å². The van der Waals surface area contributed by atoms with Gasteiger partial charge in [-0.2, -0.15) is 0 Å². The lowest BCUT2D eigenvalue weighted by Crippen LogP contribution is -2.35. The summed E-state index contributed by atoms with van der Waals surface area (Å²) in [6, 6.07) is 16.1.